The summed E-state index contributed by atoms with van der Waals surface area (Å²) >= 11 is 23.9. The van der Waals surface area contributed by atoms with E-state index >= 15 is 4.39 Å². The number of carbonyl (C=O) groups is 2. The molecule has 0 spiro atoms. The Labute approximate surface area is 302 Å². The molecule has 0 saturated heterocycles. The van der Waals surface area contributed by atoms with Crippen molar-refractivity contribution in [3.05, 3.63) is 116 Å². The lowest BCUT2D eigenvalue weighted by Crippen LogP contribution is -2.13. The molecule has 0 saturated carbocycles. The van der Waals surface area contributed by atoms with E-state index in [2.05, 4.69) is 15.0 Å². The first kappa shape index (κ1) is 39.4. The second-order valence-electron chi connectivity index (χ2n) is 9.69. The van der Waals surface area contributed by atoms with Gasteiger partial charge in [0.2, 0.25) is 6.29 Å². The molecule has 0 radical (unpaired) electrons. The highest BCUT2D eigenvalue weighted by molar-refractivity contribution is 6.35. The van der Waals surface area contributed by atoms with Gasteiger partial charge >= 0.3 is 0 Å². The van der Waals surface area contributed by atoms with Crippen molar-refractivity contribution in [2.75, 3.05) is 18.9 Å². The van der Waals surface area contributed by atoms with Crippen LogP contribution in [0.5, 0.6) is 0 Å². The van der Waals surface area contributed by atoms with Gasteiger partial charge in [0.1, 0.15) is 28.5 Å². The number of allylic oxidation sites excluding steroid dienone is 4. The van der Waals surface area contributed by atoms with E-state index in [1.54, 1.807) is 62.4 Å². The summed E-state index contributed by atoms with van der Waals surface area (Å²) in [5.41, 5.74) is 6.54. The number of anilines is 1. The smallest absolute Gasteiger partial charge is 0.202 e. The normalized spacial score (nSPS) is 12.0. The molecular formula is C35H30Cl4F2N4O4. The molecule has 4 aromatic rings. The Hall–Kier alpha value is -4.03. The van der Waals surface area contributed by atoms with Crippen molar-refractivity contribution in [3.8, 4) is 22.5 Å². The monoisotopic (exact) mass is 748 g/mol. The third-order valence-electron chi connectivity index (χ3n) is 6.50. The molecule has 2 N–H and O–H groups in total. The maximum absolute atomic E-state index is 15.5. The Morgan fingerprint density at radius 1 is 0.796 bits per heavy atom. The molecule has 2 heterocycles. The summed E-state index contributed by atoms with van der Waals surface area (Å²) in [7, 11) is 0. The number of halogens is 6. The predicted molar refractivity (Wildman–Crippen MR) is 192 cm³/mol. The zero-order valence-corrected chi connectivity index (χ0v) is 28.3. The van der Waals surface area contributed by atoms with Crippen molar-refractivity contribution in [1.82, 2.24) is 9.97 Å². The molecule has 256 valence electrons. The first-order valence-electron chi connectivity index (χ1n) is 14.2. The average Bonchev–Trinajstić information content (AvgIpc) is 3.08. The van der Waals surface area contributed by atoms with Crippen molar-refractivity contribution in [2.45, 2.75) is 27.6 Å². The molecule has 0 atom stereocenters. The van der Waals surface area contributed by atoms with Crippen LogP contribution < -0.4 is 5.73 Å². The molecule has 0 bridgehead atoms. The standard InChI is InChI=1S/C22H19Cl2FN2O3.C12H7Cl2FN2O.CH4/c1-3-29-22(30-4-2)21-17(24)20(26-15-9-11-16(28)12-10-15)18(25)19(27-21)13-5-7-14(23)8-6-13;13-7-3-1-6(2-4-7)12-10(15)11(16)9(14)8(5-18)17-12;/h5-12,22H,3-4H2,1-2H3;1-5H,(H2,16,17);1H4. The van der Waals surface area contributed by atoms with Gasteiger partial charge in [-0.2, -0.15) is 0 Å². The molecule has 0 amide bonds. The Morgan fingerprint density at radius 2 is 1.29 bits per heavy atom. The van der Waals surface area contributed by atoms with Gasteiger partial charge in [-0.1, -0.05) is 78.1 Å². The number of hydrogen-bond acceptors (Lipinski definition) is 8. The molecule has 0 aliphatic heterocycles. The third-order valence-corrected chi connectivity index (χ3v) is 7.78. The number of nitrogens with zero attached hydrogens (tertiary/aromatic N) is 3. The molecule has 14 heteroatoms. The van der Waals surface area contributed by atoms with Gasteiger partial charge in [0.25, 0.3) is 0 Å². The van der Waals surface area contributed by atoms with Gasteiger partial charge < -0.3 is 15.2 Å². The number of ether oxygens (including phenoxy) is 2. The summed E-state index contributed by atoms with van der Waals surface area (Å²) in [5, 5.41) is 0.817. The Morgan fingerprint density at radius 3 is 1.76 bits per heavy atom. The fourth-order valence-electron chi connectivity index (χ4n) is 4.22. The lowest BCUT2D eigenvalue weighted by molar-refractivity contribution is -0.142. The van der Waals surface area contributed by atoms with Crippen LogP contribution in [0.2, 0.25) is 20.1 Å². The number of benzene rings is 2. The van der Waals surface area contributed by atoms with E-state index in [1.807, 2.05) is 0 Å². The van der Waals surface area contributed by atoms with E-state index in [9.17, 15) is 14.0 Å². The largest absolute Gasteiger partial charge is 0.395 e. The highest BCUT2D eigenvalue weighted by Crippen LogP contribution is 2.40. The summed E-state index contributed by atoms with van der Waals surface area (Å²) in [5.74, 6) is -1.64. The van der Waals surface area contributed by atoms with Crippen LogP contribution in [0.15, 0.2) is 77.8 Å². The number of rotatable bonds is 9. The van der Waals surface area contributed by atoms with E-state index < -0.39 is 17.9 Å². The van der Waals surface area contributed by atoms with Crippen LogP contribution in [0.25, 0.3) is 22.5 Å². The van der Waals surface area contributed by atoms with Crippen LogP contribution in [-0.2, 0) is 14.3 Å². The van der Waals surface area contributed by atoms with Crippen molar-refractivity contribution < 1.29 is 27.8 Å². The van der Waals surface area contributed by atoms with Gasteiger partial charge in [0, 0.05) is 34.4 Å². The van der Waals surface area contributed by atoms with Gasteiger partial charge in [-0.05, 0) is 62.4 Å². The second kappa shape index (κ2) is 18.1. The van der Waals surface area contributed by atoms with E-state index in [0.717, 1.165) is 0 Å². The number of aliphatic imine (C=N–C) groups is 1. The first-order valence-corrected chi connectivity index (χ1v) is 15.7. The number of nitrogens with two attached hydrogens (primary N) is 1. The number of carbonyl (C=O) groups excluding carboxylic acids is 2. The molecule has 0 unspecified atom stereocenters. The molecule has 1 aliphatic rings. The van der Waals surface area contributed by atoms with Gasteiger partial charge in [-0.25, -0.2) is 23.7 Å². The molecule has 8 nitrogen and oxygen atoms in total. The summed E-state index contributed by atoms with van der Waals surface area (Å²) in [4.78, 5) is 34.7. The number of nitrogen functional groups attached to an aromatic ring is 1. The molecule has 1 aliphatic carbocycles. The highest BCUT2D eigenvalue weighted by Gasteiger charge is 2.26. The van der Waals surface area contributed by atoms with Crippen LogP contribution in [0.1, 0.15) is 43.7 Å². The summed E-state index contributed by atoms with van der Waals surface area (Å²) in [6.45, 7) is 4.29. The molecule has 49 heavy (non-hydrogen) atoms. The fourth-order valence-corrected chi connectivity index (χ4v) is 4.90. The summed E-state index contributed by atoms with van der Waals surface area (Å²) < 4.78 is 40.7. The quantitative estimate of drug-likeness (QED) is 0.103. The van der Waals surface area contributed by atoms with E-state index in [4.69, 9.17) is 61.6 Å². The van der Waals surface area contributed by atoms with Crippen molar-refractivity contribution in [2.24, 2.45) is 4.99 Å². The maximum Gasteiger partial charge on any atom is 0.202 e. The first-order chi connectivity index (χ1) is 23.0. The molecule has 5 rings (SSSR count). The predicted octanol–water partition coefficient (Wildman–Crippen LogP) is 10.3. The summed E-state index contributed by atoms with van der Waals surface area (Å²) in [6, 6.07) is 12.9. The molecular weight excluding hydrogens is 720 g/mol. The van der Waals surface area contributed by atoms with Crippen molar-refractivity contribution in [1.29, 1.82) is 0 Å². The van der Waals surface area contributed by atoms with Crippen LogP contribution in [-0.4, -0.2) is 41.0 Å². The second-order valence-corrected chi connectivity index (χ2v) is 11.3. The van der Waals surface area contributed by atoms with Crippen molar-refractivity contribution >= 4 is 75.6 Å². The topological polar surface area (TPSA) is 117 Å². The molecule has 2 aromatic heterocycles. The lowest BCUT2D eigenvalue weighted by Gasteiger charge is -2.20. The van der Waals surface area contributed by atoms with Crippen LogP contribution in [0.3, 0.4) is 0 Å². The maximum atomic E-state index is 15.5. The number of aldehydes is 1. The van der Waals surface area contributed by atoms with Gasteiger partial charge in [0.15, 0.2) is 23.7 Å². The van der Waals surface area contributed by atoms with E-state index in [0.29, 0.717) is 46.4 Å². The SMILES string of the molecule is C.CCOC(OCC)c1nc(-c2ccc(Cl)cc2)c(F)c(N=C2C=CC(=O)C=C2)c1Cl.Nc1c(F)c(-c2ccc(Cl)cc2)nc(C=O)c1Cl. The van der Waals surface area contributed by atoms with Crippen LogP contribution >= 0.6 is 46.4 Å². The van der Waals surface area contributed by atoms with Crippen LogP contribution in [0.4, 0.5) is 20.2 Å². The third kappa shape index (κ3) is 9.57. The Kier molecular flexibility index (Phi) is 14.6. The molecule has 2 aromatic carbocycles. The van der Waals surface area contributed by atoms with Gasteiger partial charge in [-0.15, -0.1) is 0 Å². The lowest BCUT2D eigenvalue weighted by atomic mass is 10.1. The Bertz CT molecular complexity index is 1900. The Balaban J connectivity index is 0.000000293. The minimum atomic E-state index is -0.892. The van der Waals surface area contributed by atoms with Crippen molar-refractivity contribution in [3.63, 3.8) is 0 Å². The van der Waals surface area contributed by atoms with E-state index in [1.165, 1.54) is 24.3 Å². The highest BCUT2D eigenvalue weighted by atomic mass is 35.5. The van der Waals surface area contributed by atoms with Gasteiger partial charge in [0.05, 0.1) is 21.4 Å². The van der Waals surface area contributed by atoms with E-state index in [-0.39, 0.29) is 57.4 Å². The fraction of sp³-hybridized carbons (Fsp3) is 0.171. The zero-order chi connectivity index (χ0) is 35.0. The number of pyridine rings is 2. The number of aromatic nitrogens is 2. The number of hydrogen-bond donors (Lipinski definition) is 1. The molecule has 0 fully saturated rings. The summed E-state index contributed by atoms with van der Waals surface area (Å²) in [6.07, 6.45) is 5.20. The minimum Gasteiger partial charge on any atom is -0.395 e. The number of ketones is 1. The van der Waals surface area contributed by atoms with Crippen LogP contribution in [0, 0.1) is 11.6 Å². The zero-order valence-electron chi connectivity index (χ0n) is 25.3. The average molecular weight is 750 g/mol. The van der Waals surface area contributed by atoms with Gasteiger partial charge in [-0.3, -0.25) is 9.59 Å². The minimum absolute atomic E-state index is 0.